The lowest BCUT2D eigenvalue weighted by molar-refractivity contribution is 0.379. The monoisotopic (exact) mass is 243 g/mol. The average Bonchev–Trinajstić information content (AvgIpc) is 2.19. The molecule has 0 aromatic carbocycles. The molecule has 1 aliphatic carbocycles. The summed E-state index contributed by atoms with van der Waals surface area (Å²) in [5.74, 6) is 0.981. The van der Waals surface area contributed by atoms with E-state index in [2.05, 4.69) is 42.7 Å². The smallest absolute Gasteiger partial charge is 0.191 e. The van der Waals surface area contributed by atoms with E-state index in [1.54, 1.807) is 0 Å². The maximum atomic E-state index is 4.65. The third-order valence-corrected chi connectivity index (χ3v) is 4.20. The van der Waals surface area contributed by atoms with E-state index in [9.17, 15) is 0 Å². The predicted octanol–water partition coefficient (Wildman–Crippen LogP) is 2.24. The highest BCUT2D eigenvalue weighted by Gasteiger charge is 2.19. The van der Waals surface area contributed by atoms with Crippen LogP contribution >= 0.6 is 11.8 Å². The third kappa shape index (κ3) is 4.64. The summed E-state index contributed by atoms with van der Waals surface area (Å²) in [6.45, 7) is 8.36. The number of rotatable bonds is 5. The van der Waals surface area contributed by atoms with Gasteiger partial charge in [-0.25, -0.2) is 0 Å². The highest BCUT2D eigenvalue weighted by molar-refractivity contribution is 7.99. The molecule has 1 fully saturated rings. The van der Waals surface area contributed by atoms with E-state index in [0.717, 1.165) is 19.0 Å². The molecule has 0 heterocycles. The van der Waals surface area contributed by atoms with Crippen molar-refractivity contribution in [1.82, 2.24) is 10.6 Å². The van der Waals surface area contributed by atoms with Crippen LogP contribution in [0.15, 0.2) is 4.99 Å². The molecule has 0 bridgehead atoms. The van der Waals surface area contributed by atoms with E-state index in [0.29, 0.717) is 6.04 Å². The molecule has 1 rings (SSSR count). The summed E-state index contributed by atoms with van der Waals surface area (Å²) in [7, 11) is 0. The van der Waals surface area contributed by atoms with E-state index in [1.807, 2.05) is 11.8 Å². The maximum Gasteiger partial charge on any atom is 0.191 e. The summed E-state index contributed by atoms with van der Waals surface area (Å²) in [5.41, 5.74) is 0. The highest BCUT2D eigenvalue weighted by Crippen LogP contribution is 2.21. The Hall–Kier alpha value is -0.380. The Morgan fingerprint density at radius 2 is 2.12 bits per heavy atom. The number of nitrogens with one attached hydrogen (secondary N) is 2. The molecule has 0 spiro atoms. The largest absolute Gasteiger partial charge is 0.357 e. The minimum absolute atomic E-state index is 0.224. The van der Waals surface area contributed by atoms with Gasteiger partial charge in [-0.3, -0.25) is 4.99 Å². The molecule has 2 N–H and O–H groups in total. The summed E-state index contributed by atoms with van der Waals surface area (Å²) in [6.07, 6.45) is 6.07. The van der Waals surface area contributed by atoms with Crippen LogP contribution in [0.3, 0.4) is 0 Å². The lowest BCUT2D eigenvalue weighted by Crippen LogP contribution is -2.46. The Labute approximate surface area is 104 Å². The summed E-state index contributed by atoms with van der Waals surface area (Å²) < 4.78 is 0.224. The van der Waals surface area contributed by atoms with Crippen molar-refractivity contribution < 1.29 is 0 Å². The third-order valence-electron chi connectivity index (χ3n) is 2.96. The number of thioether (sulfide) groups is 1. The average molecular weight is 243 g/mol. The fourth-order valence-corrected chi connectivity index (χ4v) is 1.59. The van der Waals surface area contributed by atoms with Crippen LogP contribution in [-0.2, 0) is 0 Å². The Morgan fingerprint density at radius 1 is 1.44 bits per heavy atom. The SMILES string of the molecule is CCNC(=NCC(C)(C)SC)NC1CCC1. The molecule has 1 saturated carbocycles. The summed E-state index contributed by atoms with van der Waals surface area (Å²) in [4.78, 5) is 4.65. The van der Waals surface area contributed by atoms with Gasteiger partial charge in [0.2, 0.25) is 0 Å². The molecule has 3 nitrogen and oxygen atoms in total. The van der Waals surface area contributed by atoms with Gasteiger partial charge in [0.1, 0.15) is 0 Å². The van der Waals surface area contributed by atoms with Gasteiger partial charge in [-0.15, -0.1) is 0 Å². The first-order chi connectivity index (χ1) is 7.57. The van der Waals surface area contributed by atoms with Crippen molar-refractivity contribution in [2.45, 2.75) is 50.8 Å². The summed E-state index contributed by atoms with van der Waals surface area (Å²) in [5, 5.41) is 6.79. The van der Waals surface area contributed by atoms with Gasteiger partial charge in [-0.1, -0.05) is 0 Å². The second-order valence-electron chi connectivity index (χ2n) is 4.93. The number of nitrogens with zero attached hydrogens (tertiary/aromatic N) is 1. The molecule has 0 amide bonds. The van der Waals surface area contributed by atoms with Crippen molar-refractivity contribution in [3.05, 3.63) is 0 Å². The van der Waals surface area contributed by atoms with Gasteiger partial charge in [0.05, 0.1) is 6.54 Å². The van der Waals surface area contributed by atoms with Crippen molar-refractivity contribution in [1.29, 1.82) is 0 Å². The van der Waals surface area contributed by atoms with Crippen LogP contribution in [0.4, 0.5) is 0 Å². The van der Waals surface area contributed by atoms with E-state index < -0.39 is 0 Å². The molecule has 0 saturated heterocycles. The molecule has 4 heteroatoms. The first-order valence-corrected chi connectivity index (χ1v) is 7.40. The molecular formula is C12H25N3S. The second-order valence-corrected chi connectivity index (χ2v) is 6.44. The Kier molecular flexibility index (Phi) is 5.46. The van der Waals surface area contributed by atoms with Gasteiger partial charge in [-0.05, 0) is 46.3 Å². The molecule has 0 unspecified atom stereocenters. The van der Waals surface area contributed by atoms with Crippen LogP contribution in [0, 0.1) is 0 Å². The topological polar surface area (TPSA) is 36.4 Å². The van der Waals surface area contributed by atoms with Crippen molar-refractivity contribution >= 4 is 17.7 Å². The standard InChI is InChI=1S/C12H25N3S/c1-5-13-11(15-10-7-6-8-10)14-9-12(2,3)16-4/h10H,5-9H2,1-4H3,(H2,13,14,15). The number of hydrogen-bond acceptors (Lipinski definition) is 2. The van der Waals surface area contributed by atoms with Crippen LogP contribution in [-0.4, -0.2) is 36.1 Å². The zero-order valence-electron chi connectivity index (χ0n) is 11.0. The molecule has 16 heavy (non-hydrogen) atoms. The first-order valence-electron chi connectivity index (χ1n) is 6.17. The van der Waals surface area contributed by atoms with Crippen molar-refractivity contribution in [3.63, 3.8) is 0 Å². The number of hydrogen-bond donors (Lipinski definition) is 2. The maximum absolute atomic E-state index is 4.65. The molecule has 0 aromatic rings. The van der Waals surface area contributed by atoms with E-state index in [-0.39, 0.29) is 4.75 Å². The van der Waals surface area contributed by atoms with Crippen molar-refractivity contribution in [2.24, 2.45) is 4.99 Å². The van der Waals surface area contributed by atoms with Gasteiger partial charge < -0.3 is 10.6 Å². The molecule has 0 aromatic heterocycles. The molecule has 94 valence electrons. The second kappa shape index (κ2) is 6.38. The van der Waals surface area contributed by atoms with Crippen LogP contribution in [0.5, 0.6) is 0 Å². The van der Waals surface area contributed by atoms with E-state index in [1.165, 1.54) is 19.3 Å². The Balaban J connectivity index is 2.43. The van der Waals surface area contributed by atoms with Crippen LogP contribution in [0.25, 0.3) is 0 Å². The van der Waals surface area contributed by atoms with Crippen LogP contribution in [0.1, 0.15) is 40.0 Å². The first kappa shape index (κ1) is 13.7. The van der Waals surface area contributed by atoms with Gasteiger partial charge in [-0.2, -0.15) is 11.8 Å². The van der Waals surface area contributed by atoms with E-state index in [4.69, 9.17) is 0 Å². The predicted molar refractivity (Wildman–Crippen MR) is 74.3 cm³/mol. The minimum atomic E-state index is 0.224. The molecule has 0 aliphatic heterocycles. The van der Waals surface area contributed by atoms with Gasteiger partial charge in [0.15, 0.2) is 5.96 Å². The van der Waals surface area contributed by atoms with Gasteiger partial charge in [0, 0.05) is 17.3 Å². The normalized spacial score (nSPS) is 18.1. The Morgan fingerprint density at radius 3 is 2.56 bits per heavy atom. The lowest BCUT2D eigenvalue weighted by atomic mass is 9.93. The lowest BCUT2D eigenvalue weighted by Gasteiger charge is -2.29. The van der Waals surface area contributed by atoms with Crippen LogP contribution < -0.4 is 10.6 Å². The molecular weight excluding hydrogens is 218 g/mol. The molecule has 0 radical (unpaired) electrons. The quantitative estimate of drug-likeness (QED) is 0.574. The van der Waals surface area contributed by atoms with Gasteiger partial charge in [0.25, 0.3) is 0 Å². The fraction of sp³-hybridized carbons (Fsp3) is 0.917. The zero-order valence-corrected chi connectivity index (χ0v) is 11.8. The molecule has 1 aliphatic rings. The number of guanidine groups is 1. The minimum Gasteiger partial charge on any atom is -0.357 e. The Bertz CT molecular complexity index is 234. The zero-order chi connectivity index (χ0) is 12.0. The number of aliphatic imine (C=N–C) groups is 1. The van der Waals surface area contributed by atoms with Crippen molar-refractivity contribution in [2.75, 3.05) is 19.3 Å². The fourth-order valence-electron chi connectivity index (χ4n) is 1.40. The van der Waals surface area contributed by atoms with Crippen LogP contribution in [0.2, 0.25) is 0 Å². The van der Waals surface area contributed by atoms with E-state index >= 15 is 0 Å². The van der Waals surface area contributed by atoms with Gasteiger partial charge >= 0.3 is 0 Å². The van der Waals surface area contributed by atoms with Crippen molar-refractivity contribution in [3.8, 4) is 0 Å². The summed E-state index contributed by atoms with van der Waals surface area (Å²) in [6, 6.07) is 0.648. The highest BCUT2D eigenvalue weighted by atomic mass is 32.2. The molecule has 0 atom stereocenters. The summed E-state index contributed by atoms with van der Waals surface area (Å²) >= 11 is 1.86.